The fraction of sp³-hybridized carbons (Fsp3) is 0.650. The topological polar surface area (TPSA) is 64.6 Å². The number of hydrogen-bond acceptors (Lipinski definition) is 4. The summed E-state index contributed by atoms with van der Waals surface area (Å²) in [4.78, 5) is 14.8. The number of aliphatic hydroxyl groups is 1. The lowest BCUT2D eigenvalue weighted by atomic mass is 9.87. The summed E-state index contributed by atoms with van der Waals surface area (Å²) >= 11 is 0. The number of carbonyl (C=O) groups excluding carboxylic acids is 1. The second-order valence-electron chi connectivity index (χ2n) is 7.56. The maximum Gasteiger partial charge on any atom is 0.241 e. The third kappa shape index (κ3) is 4.22. The van der Waals surface area contributed by atoms with Gasteiger partial charge in [-0.05, 0) is 43.1 Å². The summed E-state index contributed by atoms with van der Waals surface area (Å²) in [5.41, 5.74) is 7.60. The van der Waals surface area contributed by atoms with Crippen LogP contribution in [0, 0.1) is 11.8 Å². The van der Waals surface area contributed by atoms with Crippen LogP contribution in [0.1, 0.15) is 38.7 Å². The number of nitrogens with one attached hydrogen (secondary N) is 2. The number of hydrazine groups is 1. The Balaban J connectivity index is 1.49. The van der Waals surface area contributed by atoms with Gasteiger partial charge in [-0.3, -0.25) is 10.2 Å². The Morgan fingerprint density at radius 2 is 1.92 bits per heavy atom. The van der Waals surface area contributed by atoms with Crippen molar-refractivity contribution in [3.63, 3.8) is 0 Å². The van der Waals surface area contributed by atoms with Crippen LogP contribution in [-0.4, -0.2) is 47.2 Å². The van der Waals surface area contributed by atoms with Gasteiger partial charge in [-0.1, -0.05) is 44.2 Å². The van der Waals surface area contributed by atoms with Crippen LogP contribution in [0.4, 0.5) is 0 Å². The van der Waals surface area contributed by atoms with Gasteiger partial charge in [0.15, 0.2) is 0 Å². The van der Waals surface area contributed by atoms with Gasteiger partial charge in [0.25, 0.3) is 0 Å². The number of likely N-dealkylation sites (tertiary alicyclic amines) is 1. The maximum absolute atomic E-state index is 12.8. The molecule has 3 N–H and O–H groups in total. The largest absolute Gasteiger partial charge is 0.392 e. The molecule has 0 radical (unpaired) electrons. The van der Waals surface area contributed by atoms with Gasteiger partial charge in [0, 0.05) is 19.1 Å². The lowest BCUT2D eigenvalue weighted by Gasteiger charge is -2.36. The third-order valence-electron chi connectivity index (χ3n) is 5.97. The van der Waals surface area contributed by atoms with Crippen molar-refractivity contribution in [1.29, 1.82) is 0 Å². The molecule has 5 nitrogen and oxygen atoms in total. The molecule has 0 bridgehead atoms. The molecule has 3 rings (SSSR count). The van der Waals surface area contributed by atoms with E-state index in [1.54, 1.807) is 0 Å². The van der Waals surface area contributed by atoms with Crippen molar-refractivity contribution in [3.05, 3.63) is 35.9 Å². The van der Waals surface area contributed by atoms with E-state index < -0.39 is 0 Å². The van der Waals surface area contributed by atoms with Gasteiger partial charge in [0.05, 0.1) is 6.10 Å². The molecule has 1 aromatic rings. The van der Waals surface area contributed by atoms with E-state index >= 15 is 0 Å². The standard InChI is InChI=1S/C20H31N3O2/c1-3-17-14(2)19(22-21-17)20(25)23-11-9-16(10-12-23)18(24)13-15-7-5-4-6-8-15/h4-8,14,16-19,21-22,24H,3,9-13H2,1-2H3. The van der Waals surface area contributed by atoms with Crippen LogP contribution < -0.4 is 10.9 Å². The number of hydrogen-bond donors (Lipinski definition) is 3. The smallest absolute Gasteiger partial charge is 0.241 e. The fourth-order valence-corrected chi connectivity index (χ4v) is 4.18. The second kappa shape index (κ2) is 8.30. The Bertz CT molecular complexity index is 557. The molecule has 25 heavy (non-hydrogen) atoms. The van der Waals surface area contributed by atoms with Crippen molar-refractivity contribution in [1.82, 2.24) is 15.8 Å². The van der Waals surface area contributed by atoms with Crippen molar-refractivity contribution in [2.75, 3.05) is 13.1 Å². The molecule has 4 unspecified atom stereocenters. The molecule has 0 spiro atoms. The highest BCUT2D eigenvalue weighted by Crippen LogP contribution is 2.25. The molecule has 0 aromatic heterocycles. The first-order valence-electron chi connectivity index (χ1n) is 9.62. The molecule has 4 atom stereocenters. The van der Waals surface area contributed by atoms with Crippen molar-refractivity contribution in [3.8, 4) is 0 Å². The lowest BCUT2D eigenvalue weighted by Crippen LogP contribution is -2.50. The monoisotopic (exact) mass is 345 g/mol. The highest BCUT2D eigenvalue weighted by atomic mass is 16.3. The Morgan fingerprint density at radius 3 is 2.52 bits per heavy atom. The predicted octanol–water partition coefficient (Wildman–Crippen LogP) is 1.72. The van der Waals surface area contributed by atoms with Crippen LogP contribution in [0.5, 0.6) is 0 Å². The summed E-state index contributed by atoms with van der Waals surface area (Å²) in [7, 11) is 0. The minimum Gasteiger partial charge on any atom is -0.392 e. The molecule has 2 saturated heterocycles. The number of nitrogens with zero attached hydrogens (tertiary/aromatic N) is 1. The van der Waals surface area contributed by atoms with Crippen LogP contribution >= 0.6 is 0 Å². The quantitative estimate of drug-likeness (QED) is 0.760. The van der Waals surface area contributed by atoms with Gasteiger partial charge >= 0.3 is 0 Å². The van der Waals surface area contributed by atoms with E-state index in [9.17, 15) is 9.90 Å². The zero-order valence-electron chi connectivity index (χ0n) is 15.3. The van der Waals surface area contributed by atoms with E-state index in [2.05, 4.69) is 36.8 Å². The van der Waals surface area contributed by atoms with E-state index in [4.69, 9.17) is 0 Å². The molecule has 2 aliphatic heterocycles. The van der Waals surface area contributed by atoms with E-state index in [1.165, 1.54) is 5.56 Å². The van der Waals surface area contributed by atoms with Crippen LogP contribution in [0.2, 0.25) is 0 Å². The number of rotatable bonds is 5. The van der Waals surface area contributed by atoms with Gasteiger partial charge in [-0.15, -0.1) is 0 Å². The molecule has 0 saturated carbocycles. The van der Waals surface area contributed by atoms with E-state index in [0.717, 1.165) is 32.4 Å². The van der Waals surface area contributed by atoms with Crippen molar-refractivity contribution in [2.45, 2.75) is 57.7 Å². The average molecular weight is 345 g/mol. The molecule has 2 heterocycles. The van der Waals surface area contributed by atoms with Crippen molar-refractivity contribution < 1.29 is 9.90 Å². The zero-order valence-corrected chi connectivity index (χ0v) is 15.3. The first-order chi connectivity index (χ1) is 12.1. The fourth-order valence-electron chi connectivity index (χ4n) is 4.18. The molecule has 138 valence electrons. The normalized spacial score (nSPS) is 28.9. The Labute approximate surface area is 150 Å². The predicted molar refractivity (Wildman–Crippen MR) is 98.8 cm³/mol. The van der Waals surface area contributed by atoms with Crippen molar-refractivity contribution in [2.24, 2.45) is 11.8 Å². The molecule has 0 aliphatic carbocycles. The van der Waals surface area contributed by atoms with Crippen LogP contribution in [0.3, 0.4) is 0 Å². The Kier molecular flexibility index (Phi) is 6.10. The van der Waals surface area contributed by atoms with Crippen LogP contribution in [0.15, 0.2) is 30.3 Å². The highest BCUT2D eigenvalue weighted by Gasteiger charge is 2.39. The number of carbonyl (C=O) groups is 1. The van der Waals surface area contributed by atoms with E-state index in [-0.39, 0.29) is 24.0 Å². The van der Waals surface area contributed by atoms with E-state index in [0.29, 0.717) is 18.4 Å². The second-order valence-corrected chi connectivity index (χ2v) is 7.56. The highest BCUT2D eigenvalue weighted by molar-refractivity contribution is 5.82. The molecule has 2 fully saturated rings. The summed E-state index contributed by atoms with van der Waals surface area (Å²) in [5.74, 6) is 0.783. The molecular weight excluding hydrogens is 314 g/mol. The summed E-state index contributed by atoms with van der Waals surface area (Å²) in [6, 6.07) is 10.4. The number of benzene rings is 1. The zero-order chi connectivity index (χ0) is 17.8. The van der Waals surface area contributed by atoms with Gasteiger partial charge in [0.2, 0.25) is 5.91 Å². The van der Waals surface area contributed by atoms with Gasteiger partial charge in [0.1, 0.15) is 6.04 Å². The SMILES string of the molecule is CCC1NNC(C(=O)N2CCC(C(O)Cc3ccccc3)CC2)C1C. The minimum absolute atomic E-state index is 0.129. The Hall–Kier alpha value is -1.43. The molecule has 2 aliphatic rings. The number of amides is 1. The van der Waals surface area contributed by atoms with Crippen molar-refractivity contribution >= 4 is 5.91 Å². The molecule has 1 amide bonds. The minimum atomic E-state index is -0.325. The van der Waals surface area contributed by atoms with Gasteiger partial charge in [-0.25, -0.2) is 5.43 Å². The summed E-state index contributed by atoms with van der Waals surface area (Å²) < 4.78 is 0. The van der Waals surface area contributed by atoms with Crippen LogP contribution in [0.25, 0.3) is 0 Å². The van der Waals surface area contributed by atoms with E-state index in [1.807, 2.05) is 23.1 Å². The summed E-state index contributed by atoms with van der Waals surface area (Å²) in [6.07, 6.45) is 3.15. The van der Waals surface area contributed by atoms with Gasteiger partial charge < -0.3 is 10.0 Å². The first-order valence-corrected chi connectivity index (χ1v) is 9.62. The molecule has 5 heteroatoms. The number of aliphatic hydroxyl groups excluding tert-OH is 1. The summed E-state index contributed by atoms with van der Waals surface area (Å²) in [5, 5.41) is 10.5. The Morgan fingerprint density at radius 1 is 1.24 bits per heavy atom. The first kappa shape index (κ1) is 18.4. The summed E-state index contributed by atoms with van der Waals surface area (Å²) in [6.45, 7) is 5.77. The van der Waals surface area contributed by atoms with Crippen LogP contribution in [-0.2, 0) is 11.2 Å². The number of piperidine rings is 1. The lowest BCUT2D eigenvalue weighted by molar-refractivity contribution is -0.136. The molecule has 1 aromatic carbocycles. The average Bonchev–Trinajstić information content (AvgIpc) is 3.02. The van der Waals surface area contributed by atoms with Gasteiger partial charge in [-0.2, -0.15) is 0 Å². The third-order valence-corrected chi connectivity index (χ3v) is 5.97. The molecular formula is C20H31N3O2. The maximum atomic E-state index is 12.8.